The Morgan fingerprint density at radius 2 is 1.02 bits per heavy atom. The van der Waals surface area contributed by atoms with E-state index in [0.717, 1.165) is 132 Å². The molecule has 0 unspecified atom stereocenters. The number of piperazine rings is 2. The SMILES string of the molecule is CCCN1CCN(Cc2ccc(-c3cc4nccc(Oc5ccc(CC(=O)CC6CC6)cc5F)c4s3)nc2)C[C@@H]1C.C[C@H]1CN(Cc2ccc(-c3cc4nccc(Oc5ccc(CC(=O)CC6CC6)cc5F)c4s3)nc2)CCN1CCO. The van der Waals surface area contributed by atoms with Crippen LogP contribution in [-0.2, 0) is 35.5 Å². The van der Waals surface area contributed by atoms with Gasteiger partial charge in [0.25, 0.3) is 0 Å². The van der Waals surface area contributed by atoms with Crippen molar-refractivity contribution < 1.29 is 33.0 Å². The average molecular weight is 1150 g/mol. The number of aliphatic hydroxyl groups excluding tert-OH is 1. The Hall–Kier alpha value is -6.44. The van der Waals surface area contributed by atoms with E-state index in [1.165, 1.54) is 53.3 Å². The smallest absolute Gasteiger partial charge is 0.166 e. The van der Waals surface area contributed by atoms with Crippen LogP contribution in [0.1, 0.15) is 88.0 Å². The van der Waals surface area contributed by atoms with Crippen molar-refractivity contribution in [1.82, 2.24) is 39.5 Å². The van der Waals surface area contributed by atoms with Gasteiger partial charge in [0.1, 0.15) is 23.1 Å². The normalized spacial score (nSPS) is 18.2. The zero-order chi connectivity index (χ0) is 56.7. The number of benzene rings is 2. The number of ketones is 2. The highest BCUT2D eigenvalue weighted by atomic mass is 32.1. The quantitative estimate of drug-likeness (QED) is 0.0690. The third-order valence-corrected chi connectivity index (χ3v) is 18.3. The van der Waals surface area contributed by atoms with Gasteiger partial charge in [-0.15, -0.1) is 22.7 Å². The van der Waals surface area contributed by atoms with E-state index in [1.807, 2.05) is 30.6 Å². The Bertz CT molecular complexity index is 3270. The number of carbonyl (C=O) groups excluding carboxylic acids is 2. The molecule has 12 rings (SSSR count). The lowest BCUT2D eigenvalue weighted by Crippen LogP contribution is -2.52. The molecule has 428 valence electrons. The van der Waals surface area contributed by atoms with E-state index in [1.54, 1.807) is 48.8 Å². The van der Waals surface area contributed by atoms with Crippen LogP contribution < -0.4 is 9.47 Å². The van der Waals surface area contributed by atoms with Crippen LogP contribution in [0.4, 0.5) is 8.78 Å². The number of fused-ring (bicyclic) bond motifs is 2. The molecular weight excluding hydrogens is 1070 g/mol. The Morgan fingerprint density at radius 1 is 0.573 bits per heavy atom. The molecule has 8 heterocycles. The molecule has 2 aliphatic carbocycles. The maximum absolute atomic E-state index is 14.9. The van der Waals surface area contributed by atoms with Crippen molar-refractivity contribution in [2.45, 2.75) is 104 Å². The molecule has 13 nitrogen and oxygen atoms in total. The van der Waals surface area contributed by atoms with Crippen LogP contribution in [0.25, 0.3) is 41.6 Å². The first kappa shape index (κ1) is 57.4. The summed E-state index contributed by atoms with van der Waals surface area (Å²) >= 11 is 3.06. The number of aromatic nitrogens is 4. The van der Waals surface area contributed by atoms with Crippen LogP contribution in [0.5, 0.6) is 23.0 Å². The van der Waals surface area contributed by atoms with E-state index in [9.17, 15) is 23.5 Å². The van der Waals surface area contributed by atoms with Gasteiger partial charge in [0.15, 0.2) is 23.1 Å². The summed E-state index contributed by atoms with van der Waals surface area (Å²) < 4.78 is 43.6. The average Bonchev–Trinajstić information content (AvgIpc) is 4.50. The molecule has 8 aromatic rings. The van der Waals surface area contributed by atoms with Crippen molar-refractivity contribution in [3.63, 3.8) is 0 Å². The maximum Gasteiger partial charge on any atom is 0.166 e. The standard InChI is InChI=1S/C33H37FN4O2S.C32H35FN4O3S/c1-3-12-38-14-13-37(20-22(38)2)21-25-6-8-28(36-19-25)32-18-29-33(41-32)31(10-11-35-29)40-30-9-7-24(17-27(30)34)16-26(39)15-23-4-5-23;1-21-19-36(10-11-37(21)12-13-38)20-24-4-6-27(35-18-24)31-17-28-32(41-31)30(8-9-34-28)40-29-7-5-23(16-26(29)33)15-25(39)14-22-2-3-22/h6-11,17-19,22-23H,3-5,12-16,20-21H2,1-2H3;4-9,16-18,21-22,38H,2-3,10-15,19-20H2,1H3/t22-;21-/m00/s1. The number of ether oxygens (including phenoxy) is 2. The van der Waals surface area contributed by atoms with Crippen molar-refractivity contribution in [2.24, 2.45) is 11.8 Å². The van der Waals surface area contributed by atoms with Gasteiger partial charge in [0.2, 0.25) is 0 Å². The van der Waals surface area contributed by atoms with Crippen molar-refractivity contribution in [3.05, 3.63) is 144 Å². The number of β-amino-alcohol motifs (C(OH)–C–C–N with tert-alkyl or cyclic N) is 1. The molecule has 2 saturated carbocycles. The van der Waals surface area contributed by atoms with Crippen LogP contribution in [0.3, 0.4) is 0 Å². The van der Waals surface area contributed by atoms with E-state index in [2.05, 4.69) is 68.5 Å². The number of halogens is 2. The number of hydrogen-bond donors (Lipinski definition) is 1. The zero-order valence-electron chi connectivity index (χ0n) is 47.1. The summed E-state index contributed by atoms with van der Waals surface area (Å²) in [7, 11) is 0. The summed E-state index contributed by atoms with van der Waals surface area (Å²) in [5.74, 6) is 1.80. The van der Waals surface area contributed by atoms with E-state index < -0.39 is 11.6 Å². The molecule has 82 heavy (non-hydrogen) atoms. The van der Waals surface area contributed by atoms with Gasteiger partial charge in [0, 0.05) is 134 Å². The Morgan fingerprint density at radius 3 is 1.41 bits per heavy atom. The Balaban J connectivity index is 0.000000172. The zero-order valence-corrected chi connectivity index (χ0v) is 48.7. The minimum Gasteiger partial charge on any atom is -0.453 e. The summed E-state index contributed by atoms with van der Waals surface area (Å²) in [6.45, 7) is 16.8. The molecular formula is C65H72F2N8O5S2. The van der Waals surface area contributed by atoms with E-state index in [0.29, 0.717) is 59.4 Å². The second-order valence-corrected chi connectivity index (χ2v) is 24.9. The fourth-order valence-corrected chi connectivity index (χ4v) is 13.3. The molecule has 2 aromatic carbocycles. The molecule has 0 spiro atoms. The van der Waals surface area contributed by atoms with Crippen molar-refractivity contribution in [1.29, 1.82) is 0 Å². The highest BCUT2D eigenvalue weighted by Crippen LogP contribution is 2.42. The van der Waals surface area contributed by atoms with Crippen LogP contribution in [0, 0.1) is 23.5 Å². The van der Waals surface area contributed by atoms with Crippen molar-refractivity contribution in [2.75, 3.05) is 59.0 Å². The molecule has 0 bridgehead atoms. The van der Waals surface area contributed by atoms with Crippen LogP contribution in [-0.4, -0.2) is 127 Å². The van der Waals surface area contributed by atoms with Gasteiger partial charge in [-0.2, -0.15) is 0 Å². The van der Waals surface area contributed by atoms with Crippen LogP contribution in [0.15, 0.2) is 110 Å². The summed E-state index contributed by atoms with van der Waals surface area (Å²) in [6, 6.07) is 26.4. The fraction of sp³-hybridized carbons (Fsp3) is 0.415. The molecule has 0 amide bonds. The van der Waals surface area contributed by atoms with Gasteiger partial charge in [-0.25, -0.2) is 8.78 Å². The van der Waals surface area contributed by atoms with Gasteiger partial charge in [0.05, 0.1) is 48.2 Å². The van der Waals surface area contributed by atoms with Gasteiger partial charge in [-0.05, 0) is 135 Å². The number of carbonyl (C=O) groups is 2. The molecule has 2 saturated heterocycles. The molecule has 4 fully saturated rings. The first-order valence-electron chi connectivity index (χ1n) is 29.1. The molecule has 2 atom stereocenters. The number of rotatable bonds is 22. The molecule has 0 radical (unpaired) electrons. The number of aliphatic hydroxyl groups is 1. The van der Waals surface area contributed by atoms with Crippen LogP contribution in [0.2, 0.25) is 0 Å². The minimum absolute atomic E-state index is 0.125. The van der Waals surface area contributed by atoms with E-state index >= 15 is 0 Å². The number of nitrogens with zero attached hydrogens (tertiary/aromatic N) is 8. The van der Waals surface area contributed by atoms with Gasteiger partial charge in [-0.3, -0.25) is 49.1 Å². The molecule has 1 N–H and O–H groups in total. The second-order valence-electron chi connectivity index (χ2n) is 22.8. The lowest BCUT2D eigenvalue weighted by molar-refractivity contribution is -0.119. The summed E-state index contributed by atoms with van der Waals surface area (Å²) in [5.41, 5.74) is 7.02. The Labute approximate surface area is 487 Å². The number of pyridine rings is 4. The predicted molar refractivity (Wildman–Crippen MR) is 321 cm³/mol. The topological polar surface area (TPSA) is 137 Å². The molecule has 17 heteroatoms. The first-order valence-corrected chi connectivity index (χ1v) is 30.7. The van der Waals surface area contributed by atoms with Gasteiger partial charge >= 0.3 is 0 Å². The largest absolute Gasteiger partial charge is 0.453 e. The first-order chi connectivity index (χ1) is 39.9. The predicted octanol–water partition coefficient (Wildman–Crippen LogP) is 12.8. The highest BCUT2D eigenvalue weighted by Gasteiger charge is 2.28. The number of Topliss-reactive ketones (excluding diaryl/α,β-unsaturated/α-hetero) is 2. The van der Waals surface area contributed by atoms with Gasteiger partial charge in [-0.1, -0.05) is 31.2 Å². The second kappa shape index (κ2) is 26.4. The number of thiophene rings is 2. The lowest BCUT2D eigenvalue weighted by Gasteiger charge is -2.39. The lowest BCUT2D eigenvalue weighted by atomic mass is 10.0. The third kappa shape index (κ3) is 14.8. The summed E-state index contributed by atoms with van der Waals surface area (Å²) in [4.78, 5) is 54.7. The minimum atomic E-state index is -0.482. The maximum atomic E-state index is 14.9. The van der Waals surface area contributed by atoms with Crippen LogP contribution >= 0.6 is 22.7 Å². The summed E-state index contributed by atoms with van der Waals surface area (Å²) in [6.07, 6.45) is 14.7. The van der Waals surface area contributed by atoms with E-state index in [4.69, 9.17) is 19.4 Å². The Kier molecular flexibility index (Phi) is 18.5. The highest BCUT2D eigenvalue weighted by molar-refractivity contribution is 7.23. The molecule has 6 aromatic heterocycles. The molecule has 2 aliphatic heterocycles. The molecule has 4 aliphatic rings. The number of hydrogen-bond acceptors (Lipinski definition) is 15. The van der Waals surface area contributed by atoms with Gasteiger partial charge < -0.3 is 14.6 Å². The summed E-state index contributed by atoms with van der Waals surface area (Å²) in [5, 5.41) is 9.25. The fourth-order valence-electron chi connectivity index (χ4n) is 11.2. The van der Waals surface area contributed by atoms with Crippen molar-refractivity contribution in [3.8, 4) is 44.1 Å². The monoisotopic (exact) mass is 1150 g/mol. The van der Waals surface area contributed by atoms with Crippen molar-refractivity contribution >= 4 is 54.7 Å². The van der Waals surface area contributed by atoms with E-state index in [-0.39, 0.29) is 42.5 Å². The third-order valence-electron chi connectivity index (χ3n) is 16.0.